The molecule has 24 heavy (non-hydrogen) atoms. The van der Waals surface area contributed by atoms with Crippen molar-refractivity contribution >= 4 is 16.9 Å². The Morgan fingerprint density at radius 2 is 1.96 bits per heavy atom. The highest BCUT2D eigenvalue weighted by atomic mass is 16.5. The van der Waals surface area contributed by atoms with Gasteiger partial charge in [0.25, 0.3) is 5.95 Å². The lowest BCUT2D eigenvalue weighted by atomic mass is 9.98. The molecule has 0 amide bonds. The van der Waals surface area contributed by atoms with E-state index >= 15 is 0 Å². The molecule has 0 radical (unpaired) electrons. The van der Waals surface area contributed by atoms with Gasteiger partial charge >= 0.3 is 0 Å². The second-order valence-electron chi connectivity index (χ2n) is 6.57. The number of furan rings is 1. The van der Waals surface area contributed by atoms with Crippen molar-refractivity contribution in [2.24, 2.45) is 5.92 Å². The van der Waals surface area contributed by atoms with E-state index in [1.807, 2.05) is 37.2 Å². The van der Waals surface area contributed by atoms with Gasteiger partial charge in [0, 0.05) is 19.5 Å². The first kappa shape index (κ1) is 16.5. The van der Waals surface area contributed by atoms with Crippen LogP contribution in [-0.4, -0.2) is 24.2 Å². The van der Waals surface area contributed by atoms with Crippen LogP contribution in [0.1, 0.15) is 37.1 Å². The summed E-state index contributed by atoms with van der Waals surface area (Å²) < 4.78 is 11.4. The van der Waals surface area contributed by atoms with Gasteiger partial charge in [-0.05, 0) is 29.6 Å². The summed E-state index contributed by atoms with van der Waals surface area (Å²) in [7, 11) is 3.77. The average molecular weight is 328 g/mol. The minimum absolute atomic E-state index is 0.0760. The van der Waals surface area contributed by atoms with Crippen molar-refractivity contribution in [3.05, 3.63) is 41.5 Å². The summed E-state index contributed by atoms with van der Waals surface area (Å²) in [6, 6.07) is 8.20. The third-order valence-corrected chi connectivity index (χ3v) is 4.16. The molecule has 6 heteroatoms. The molecule has 0 aliphatic heterocycles. The number of aromatic nitrogens is 2. The van der Waals surface area contributed by atoms with E-state index in [-0.39, 0.29) is 6.04 Å². The van der Waals surface area contributed by atoms with Gasteiger partial charge in [0.05, 0.1) is 12.6 Å². The highest BCUT2D eigenvalue weighted by Crippen LogP contribution is 2.32. The van der Waals surface area contributed by atoms with Gasteiger partial charge in [-0.25, -0.2) is 0 Å². The second kappa shape index (κ2) is 6.65. The molecule has 0 spiro atoms. The van der Waals surface area contributed by atoms with Gasteiger partial charge in [-0.1, -0.05) is 32.0 Å². The first-order valence-corrected chi connectivity index (χ1v) is 8.18. The second-order valence-corrected chi connectivity index (χ2v) is 6.57. The van der Waals surface area contributed by atoms with Crippen molar-refractivity contribution in [3.63, 3.8) is 0 Å². The first-order chi connectivity index (χ1) is 11.5. The Kier molecular flexibility index (Phi) is 4.57. The summed E-state index contributed by atoms with van der Waals surface area (Å²) in [4.78, 5) is 6.17. The Morgan fingerprint density at radius 3 is 2.58 bits per heavy atom. The molecule has 3 aromatic rings. The van der Waals surface area contributed by atoms with Crippen LogP contribution in [0.15, 0.2) is 33.2 Å². The zero-order chi connectivity index (χ0) is 17.3. The smallest absolute Gasteiger partial charge is 0.265 e. The third kappa shape index (κ3) is 3.14. The summed E-state index contributed by atoms with van der Waals surface area (Å²) in [5.41, 5.74) is 2.10. The van der Waals surface area contributed by atoms with Crippen LogP contribution in [0, 0.1) is 12.8 Å². The van der Waals surface area contributed by atoms with E-state index in [9.17, 15) is 0 Å². The maximum Gasteiger partial charge on any atom is 0.265 e. The SMILES string of the molecule is Cc1c(C(NCc2nc(N(C)C)no2)C(C)C)oc2ccccc12. The summed E-state index contributed by atoms with van der Waals surface area (Å²) in [6.45, 7) is 6.95. The molecule has 6 nitrogen and oxygen atoms in total. The van der Waals surface area contributed by atoms with Gasteiger partial charge in [0.15, 0.2) is 0 Å². The molecule has 0 aliphatic carbocycles. The Hall–Kier alpha value is -2.34. The van der Waals surface area contributed by atoms with E-state index in [0.717, 1.165) is 16.7 Å². The van der Waals surface area contributed by atoms with Crippen LogP contribution in [0.2, 0.25) is 0 Å². The average Bonchev–Trinajstić information content (AvgIpc) is 3.14. The maximum atomic E-state index is 6.12. The molecule has 1 aromatic carbocycles. The van der Waals surface area contributed by atoms with Crippen molar-refractivity contribution in [2.45, 2.75) is 33.4 Å². The van der Waals surface area contributed by atoms with Crippen molar-refractivity contribution < 1.29 is 8.94 Å². The Morgan fingerprint density at radius 1 is 1.21 bits per heavy atom. The normalized spacial score (nSPS) is 12.9. The van der Waals surface area contributed by atoms with Crippen molar-refractivity contribution in [3.8, 4) is 0 Å². The number of hydrogen-bond donors (Lipinski definition) is 1. The largest absolute Gasteiger partial charge is 0.459 e. The lowest BCUT2D eigenvalue weighted by molar-refractivity contribution is 0.312. The topological polar surface area (TPSA) is 67.3 Å². The maximum absolute atomic E-state index is 6.12. The molecule has 1 N–H and O–H groups in total. The number of anilines is 1. The van der Waals surface area contributed by atoms with E-state index in [4.69, 9.17) is 8.94 Å². The quantitative estimate of drug-likeness (QED) is 0.744. The summed E-state index contributed by atoms with van der Waals surface area (Å²) >= 11 is 0. The fourth-order valence-corrected chi connectivity index (χ4v) is 2.82. The standard InChI is InChI=1S/C18H24N4O2/c1-11(2)16(19-10-15-20-18(21-24-15)22(4)5)17-12(3)13-8-6-7-9-14(13)23-17/h6-9,11,16,19H,10H2,1-5H3. The van der Waals surface area contributed by atoms with Crippen LogP contribution < -0.4 is 10.2 Å². The molecule has 3 rings (SSSR count). The molecule has 128 valence electrons. The molecule has 1 unspecified atom stereocenters. The number of hydrogen-bond acceptors (Lipinski definition) is 6. The summed E-state index contributed by atoms with van der Waals surface area (Å²) in [5.74, 6) is 2.48. The van der Waals surface area contributed by atoms with Gasteiger partial charge < -0.3 is 13.8 Å². The minimum Gasteiger partial charge on any atom is -0.459 e. The first-order valence-electron chi connectivity index (χ1n) is 8.18. The van der Waals surface area contributed by atoms with Crippen LogP contribution in [0.25, 0.3) is 11.0 Å². The predicted octanol–water partition coefficient (Wildman–Crippen LogP) is 3.68. The van der Waals surface area contributed by atoms with Gasteiger partial charge in [-0.3, -0.25) is 5.32 Å². The number of fused-ring (bicyclic) bond motifs is 1. The lowest BCUT2D eigenvalue weighted by Gasteiger charge is -2.20. The lowest BCUT2D eigenvalue weighted by Crippen LogP contribution is -2.25. The number of nitrogens with zero attached hydrogens (tertiary/aromatic N) is 3. The van der Waals surface area contributed by atoms with Crippen LogP contribution in [-0.2, 0) is 6.54 Å². The summed E-state index contributed by atoms with van der Waals surface area (Å²) in [5, 5.41) is 8.60. The Bertz CT molecular complexity index is 819. The van der Waals surface area contributed by atoms with Crippen molar-refractivity contribution in [1.82, 2.24) is 15.5 Å². The van der Waals surface area contributed by atoms with Gasteiger partial charge in [0.1, 0.15) is 11.3 Å². The van der Waals surface area contributed by atoms with Gasteiger partial charge in [-0.2, -0.15) is 4.98 Å². The molecular formula is C18H24N4O2. The van der Waals surface area contributed by atoms with Crippen molar-refractivity contribution in [2.75, 3.05) is 19.0 Å². The summed E-state index contributed by atoms with van der Waals surface area (Å²) in [6.07, 6.45) is 0. The number of benzene rings is 1. The van der Waals surface area contributed by atoms with Crippen molar-refractivity contribution in [1.29, 1.82) is 0 Å². The molecule has 0 bridgehead atoms. The zero-order valence-electron chi connectivity index (χ0n) is 14.8. The number of aryl methyl sites for hydroxylation is 1. The molecular weight excluding hydrogens is 304 g/mol. The molecule has 2 aromatic heterocycles. The fraction of sp³-hybridized carbons (Fsp3) is 0.444. The van der Waals surface area contributed by atoms with E-state index in [2.05, 4.69) is 42.3 Å². The predicted molar refractivity (Wildman–Crippen MR) is 94.0 cm³/mol. The molecule has 0 fully saturated rings. The number of para-hydroxylation sites is 1. The van der Waals surface area contributed by atoms with Gasteiger partial charge in [0.2, 0.25) is 5.89 Å². The Labute approximate surface area is 141 Å². The number of rotatable bonds is 6. The molecule has 0 saturated carbocycles. The third-order valence-electron chi connectivity index (χ3n) is 4.16. The molecule has 1 atom stereocenters. The zero-order valence-corrected chi connectivity index (χ0v) is 14.8. The highest BCUT2D eigenvalue weighted by molar-refractivity contribution is 5.82. The molecule has 2 heterocycles. The minimum atomic E-state index is 0.0760. The fourth-order valence-electron chi connectivity index (χ4n) is 2.82. The Balaban J connectivity index is 1.82. The van der Waals surface area contributed by atoms with Crippen LogP contribution in [0.4, 0.5) is 5.95 Å². The molecule has 0 aliphatic rings. The van der Waals surface area contributed by atoms with Crippen LogP contribution in [0.3, 0.4) is 0 Å². The van der Waals surface area contributed by atoms with Crippen LogP contribution in [0.5, 0.6) is 0 Å². The van der Waals surface area contributed by atoms with E-state index in [0.29, 0.717) is 24.3 Å². The van der Waals surface area contributed by atoms with E-state index in [1.165, 1.54) is 5.56 Å². The molecule has 0 saturated heterocycles. The monoisotopic (exact) mass is 328 g/mol. The van der Waals surface area contributed by atoms with Gasteiger partial charge in [-0.15, -0.1) is 0 Å². The van der Waals surface area contributed by atoms with Crippen LogP contribution >= 0.6 is 0 Å². The van der Waals surface area contributed by atoms with E-state index < -0.39 is 0 Å². The van der Waals surface area contributed by atoms with E-state index in [1.54, 1.807) is 0 Å². The number of nitrogens with one attached hydrogen (secondary N) is 1. The highest BCUT2D eigenvalue weighted by Gasteiger charge is 2.23.